The molecule has 0 bridgehead atoms. The van der Waals surface area contributed by atoms with Gasteiger partial charge in [-0.05, 0) is 43.7 Å². The van der Waals surface area contributed by atoms with Crippen LogP contribution in [0.2, 0.25) is 0 Å². The first-order chi connectivity index (χ1) is 5.78. The van der Waals surface area contributed by atoms with Gasteiger partial charge >= 0.3 is 0 Å². The van der Waals surface area contributed by atoms with Crippen LogP contribution >= 0.6 is 0 Å². The summed E-state index contributed by atoms with van der Waals surface area (Å²) in [7, 11) is 0. The molecule has 1 aliphatic carbocycles. The molecule has 0 radical (unpaired) electrons. The summed E-state index contributed by atoms with van der Waals surface area (Å²) in [5, 5.41) is 8.94. The summed E-state index contributed by atoms with van der Waals surface area (Å²) in [6.07, 6.45) is 3.93. The number of hydrogen-bond donors (Lipinski definition) is 1. The molecule has 2 aliphatic rings. The van der Waals surface area contributed by atoms with E-state index < -0.39 is 0 Å². The highest BCUT2D eigenvalue weighted by atomic mass is 16.3. The van der Waals surface area contributed by atoms with Crippen LogP contribution in [-0.2, 0) is 0 Å². The van der Waals surface area contributed by atoms with Gasteiger partial charge in [-0.3, -0.25) is 0 Å². The van der Waals surface area contributed by atoms with E-state index in [-0.39, 0.29) is 0 Å². The van der Waals surface area contributed by atoms with Crippen LogP contribution in [0.1, 0.15) is 26.2 Å². The Morgan fingerprint density at radius 2 is 2.25 bits per heavy atom. The molecule has 0 unspecified atom stereocenters. The van der Waals surface area contributed by atoms with Crippen LogP contribution in [0.5, 0.6) is 0 Å². The first-order valence-corrected chi connectivity index (χ1v) is 5.11. The summed E-state index contributed by atoms with van der Waals surface area (Å²) in [5.74, 6) is 0.627. The lowest BCUT2D eigenvalue weighted by Crippen LogP contribution is -2.41. The molecular formula is C10H19NO. The number of hydrogen-bond acceptors (Lipinski definition) is 2. The molecule has 1 spiro atoms. The third-order valence-corrected chi connectivity index (χ3v) is 3.67. The molecule has 70 valence electrons. The fourth-order valence-electron chi connectivity index (χ4n) is 2.92. The minimum absolute atomic E-state index is 0.411. The second kappa shape index (κ2) is 3.00. The first kappa shape index (κ1) is 8.52. The lowest BCUT2D eigenvalue weighted by atomic mass is 9.62. The molecular weight excluding hydrogens is 150 g/mol. The zero-order valence-corrected chi connectivity index (χ0v) is 7.92. The van der Waals surface area contributed by atoms with Crippen molar-refractivity contribution in [1.82, 2.24) is 4.90 Å². The maximum absolute atomic E-state index is 8.94. The maximum Gasteiger partial charge on any atom is 0.0459 e. The van der Waals surface area contributed by atoms with Crippen molar-refractivity contribution in [1.29, 1.82) is 0 Å². The Balaban J connectivity index is 1.84. The minimum Gasteiger partial charge on any atom is -0.396 e. The zero-order valence-electron chi connectivity index (χ0n) is 7.92. The van der Waals surface area contributed by atoms with Crippen molar-refractivity contribution in [3.63, 3.8) is 0 Å². The van der Waals surface area contributed by atoms with Crippen molar-refractivity contribution in [3.8, 4) is 0 Å². The molecule has 1 heterocycles. The zero-order chi connectivity index (χ0) is 8.60. The Labute approximate surface area is 74.6 Å². The van der Waals surface area contributed by atoms with Crippen molar-refractivity contribution in [2.45, 2.75) is 26.2 Å². The second-order valence-corrected chi connectivity index (χ2v) is 4.58. The average molecular weight is 169 g/mol. The van der Waals surface area contributed by atoms with Crippen molar-refractivity contribution < 1.29 is 5.11 Å². The van der Waals surface area contributed by atoms with Gasteiger partial charge in [-0.25, -0.2) is 0 Å². The van der Waals surface area contributed by atoms with Crippen molar-refractivity contribution in [3.05, 3.63) is 0 Å². The molecule has 1 aliphatic heterocycles. The van der Waals surface area contributed by atoms with E-state index in [1.807, 2.05) is 0 Å². The molecule has 12 heavy (non-hydrogen) atoms. The van der Waals surface area contributed by atoms with E-state index in [0.29, 0.717) is 17.9 Å². The summed E-state index contributed by atoms with van der Waals surface area (Å²) in [4.78, 5) is 2.54. The molecule has 1 N–H and O–H groups in total. The van der Waals surface area contributed by atoms with Crippen LogP contribution in [0.25, 0.3) is 0 Å². The molecule has 2 fully saturated rings. The van der Waals surface area contributed by atoms with Gasteiger partial charge in [0.2, 0.25) is 0 Å². The van der Waals surface area contributed by atoms with E-state index in [1.165, 1.54) is 38.9 Å². The number of likely N-dealkylation sites (tertiary alicyclic amines) is 1. The van der Waals surface area contributed by atoms with E-state index in [2.05, 4.69) is 11.8 Å². The van der Waals surface area contributed by atoms with Gasteiger partial charge in [0.1, 0.15) is 0 Å². The SMILES string of the molecule is CCN1CCC2(CC(CO)C2)C1. The predicted molar refractivity (Wildman–Crippen MR) is 49.0 cm³/mol. The van der Waals surface area contributed by atoms with Gasteiger partial charge in [-0.1, -0.05) is 6.92 Å². The van der Waals surface area contributed by atoms with Crippen molar-refractivity contribution >= 4 is 0 Å². The summed E-state index contributed by atoms with van der Waals surface area (Å²) in [5.41, 5.74) is 0.628. The molecule has 1 saturated carbocycles. The molecule has 0 aromatic rings. The Hall–Kier alpha value is -0.0800. The van der Waals surface area contributed by atoms with Gasteiger partial charge in [0.05, 0.1) is 0 Å². The minimum atomic E-state index is 0.411. The van der Waals surface area contributed by atoms with Gasteiger partial charge in [0.15, 0.2) is 0 Å². The highest BCUT2D eigenvalue weighted by Gasteiger charge is 2.47. The largest absolute Gasteiger partial charge is 0.396 e. The van der Waals surface area contributed by atoms with E-state index in [4.69, 9.17) is 5.11 Å². The van der Waals surface area contributed by atoms with Crippen LogP contribution in [0.15, 0.2) is 0 Å². The number of aliphatic hydroxyl groups is 1. The molecule has 2 heteroatoms. The molecule has 0 amide bonds. The lowest BCUT2D eigenvalue weighted by molar-refractivity contribution is 0.0244. The summed E-state index contributed by atoms with van der Waals surface area (Å²) >= 11 is 0. The fourth-order valence-corrected chi connectivity index (χ4v) is 2.92. The highest BCUT2D eigenvalue weighted by Crippen LogP contribution is 2.51. The maximum atomic E-state index is 8.94. The molecule has 2 rings (SSSR count). The van der Waals surface area contributed by atoms with E-state index in [9.17, 15) is 0 Å². The standard InChI is InChI=1S/C10H19NO/c1-2-11-4-3-10(8-11)5-9(6-10)7-12/h9,12H,2-8H2,1H3. The molecule has 0 atom stereocenters. The molecule has 0 aromatic carbocycles. The van der Waals surface area contributed by atoms with Gasteiger partial charge in [-0.2, -0.15) is 0 Å². The fraction of sp³-hybridized carbons (Fsp3) is 1.00. The second-order valence-electron chi connectivity index (χ2n) is 4.58. The molecule has 0 aromatic heterocycles. The van der Waals surface area contributed by atoms with Crippen LogP contribution in [0, 0.1) is 11.3 Å². The number of nitrogens with zero attached hydrogens (tertiary/aromatic N) is 1. The quantitative estimate of drug-likeness (QED) is 0.669. The third-order valence-electron chi connectivity index (χ3n) is 3.67. The highest BCUT2D eigenvalue weighted by molar-refractivity contribution is 4.99. The van der Waals surface area contributed by atoms with Crippen LogP contribution in [-0.4, -0.2) is 36.2 Å². The van der Waals surface area contributed by atoms with Crippen molar-refractivity contribution in [2.24, 2.45) is 11.3 Å². The van der Waals surface area contributed by atoms with E-state index >= 15 is 0 Å². The van der Waals surface area contributed by atoms with E-state index in [1.54, 1.807) is 0 Å². The molecule has 2 nitrogen and oxygen atoms in total. The third kappa shape index (κ3) is 1.27. The van der Waals surface area contributed by atoms with Crippen LogP contribution in [0.4, 0.5) is 0 Å². The van der Waals surface area contributed by atoms with Gasteiger partial charge < -0.3 is 10.0 Å². The van der Waals surface area contributed by atoms with E-state index in [0.717, 1.165) is 0 Å². The van der Waals surface area contributed by atoms with Gasteiger partial charge in [-0.15, -0.1) is 0 Å². The lowest BCUT2D eigenvalue weighted by Gasteiger charge is -2.44. The Bertz CT molecular complexity index is 163. The van der Waals surface area contributed by atoms with Crippen LogP contribution in [0.3, 0.4) is 0 Å². The molecule has 1 saturated heterocycles. The normalized spacial score (nSPS) is 42.0. The topological polar surface area (TPSA) is 23.5 Å². The summed E-state index contributed by atoms with van der Waals surface area (Å²) < 4.78 is 0. The smallest absolute Gasteiger partial charge is 0.0459 e. The summed E-state index contributed by atoms with van der Waals surface area (Å²) in [6.45, 7) is 6.43. The van der Waals surface area contributed by atoms with Gasteiger partial charge in [0.25, 0.3) is 0 Å². The Morgan fingerprint density at radius 1 is 1.50 bits per heavy atom. The summed E-state index contributed by atoms with van der Waals surface area (Å²) in [6, 6.07) is 0. The Morgan fingerprint density at radius 3 is 2.75 bits per heavy atom. The average Bonchev–Trinajstić information content (AvgIpc) is 2.45. The monoisotopic (exact) mass is 169 g/mol. The number of rotatable bonds is 2. The van der Waals surface area contributed by atoms with Gasteiger partial charge in [0, 0.05) is 13.2 Å². The predicted octanol–water partition coefficient (Wildman–Crippen LogP) is 1.10. The number of aliphatic hydroxyl groups excluding tert-OH is 1. The van der Waals surface area contributed by atoms with Crippen LogP contribution < -0.4 is 0 Å². The Kier molecular flexibility index (Phi) is 2.13. The van der Waals surface area contributed by atoms with Crippen molar-refractivity contribution in [2.75, 3.05) is 26.2 Å². The first-order valence-electron chi connectivity index (χ1n) is 5.11.